The first-order valence-electron chi connectivity index (χ1n) is 9.35. The molecule has 1 heteroatoms. The number of allylic oxidation sites excluding steroid dienone is 4. The molecule has 1 aromatic carbocycles. The van der Waals surface area contributed by atoms with E-state index in [1.54, 1.807) is 11.1 Å². The first kappa shape index (κ1) is 15.1. The second-order valence-electron chi connectivity index (χ2n) is 7.93. The molecule has 3 atom stereocenters. The third-order valence-electron chi connectivity index (χ3n) is 6.71. The zero-order chi connectivity index (χ0) is 16.0. The number of phenolic OH excluding ortho intramolecular Hbond substituents is 1. The Morgan fingerprint density at radius 1 is 1.26 bits per heavy atom. The SMILES string of the molecule is CCCC=C1CC[C@H]2[C@@H]3CCc4cc(O)ccc4C3=CC[C@]12C. The molecule has 3 aliphatic rings. The number of rotatable bonds is 2. The number of aryl methyl sites for hydroxylation is 1. The molecule has 4 rings (SSSR count). The van der Waals surface area contributed by atoms with Gasteiger partial charge < -0.3 is 5.11 Å². The Morgan fingerprint density at radius 2 is 2.13 bits per heavy atom. The zero-order valence-electron chi connectivity index (χ0n) is 14.4. The van der Waals surface area contributed by atoms with Crippen LogP contribution in [0.3, 0.4) is 0 Å². The van der Waals surface area contributed by atoms with Gasteiger partial charge in [-0.1, -0.05) is 44.1 Å². The standard InChI is InChI=1S/C22H28O/c1-3-4-5-16-7-11-21-20-9-6-15-14-17(23)8-10-18(15)19(20)12-13-22(16,21)2/h5,8,10,12,14,20-21,23H,3-4,6-7,9,11,13H2,1-2H3/t20-,21+,22-/m1/s1. The van der Waals surface area contributed by atoms with Crippen LogP contribution in [0, 0.1) is 17.3 Å². The summed E-state index contributed by atoms with van der Waals surface area (Å²) in [6.45, 7) is 4.80. The minimum atomic E-state index is 0.401. The molecule has 1 aromatic rings. The summed E-state index contributed by atoms with van der Waals surface area (Å²) in [5, 5.41) is 9.77. The van der Waals surface area contributed by atoms with Crippen LogP contribution in [0.25, 0.3) is 5.57 Å². The Bertz CT molecular complexity index is 681. The van der Waals surface area contributed by atoms with Gasteiger partial charge in [-0.05, 0) is 84.6 Å². The van der Waals surface area contributed by atoms with Crippen molar-refractivity contribution in [2.24, 2.45) is 17.3 Å². The van der Waals surface area contributed by atoms with E-state index in [1.807, 2.05) is 12.1 Å². The fourth-order valence-electron chi connectivity index (χ4n) is 5.47. The molecule has 0 aliphatic heterocycles. The third kappa shape index (κ3) is 2.28. The van der Waals surface area contributed by atoms with Crippen LogP contribution < -0.4 is 0 Å². The van der Waals surface area contributed by atoms with Gasteiger partial charge in [-0.2, -0.15) is 0 Å². The highest BCUT2D eigenvalue weighted by Crippen LogP contribution is 2.60. The van der Waals surface area contributed by atoms with Crippen molar-refractivity contribution in [2.45, 2.75) is 58.8 Å². The van der Waals surface area contributed by atoms with E-state index >= 15 is 0 Å². The van der Waals surface area contributed by atoms with Crippen molar-refractivity contribution in [1.82, 2.24) is 0 Å². The Labute approximate surface area is 140 Å². The van der Waals surface area contributed by atoms with Crippen LogP contribution >= 0.6 is 0 Å². The van der Waals surface area contributed by atoms with E-state index in [-0.39, 0.29) is 0 Å². The summed E-state index contributed by atoms with van der Waals surface area (Å²) in [6, 6.07) is 5.98. The first-order valence-corrected chi connectivity index (χ1v) is 9.35. The molecule has 3 aliphatic carbocycles. The van der Waals surface area contributed by atoms with Gasteiger partial charge in [0.2, 0.25) is 0 Å². The molecule has 0 spiro atoms. The maximum Gasteiger partial charge on any atom is 0.115 e. The quantitative estimate of drug-likeness (QED) is 0.676. The van der Waals surface area contributed by atoms with Crippen LogP contribution in [-0.2, 0) is 6.42 Å². The minimum absolute atomic E-state index is 0.401. The molecule has 0 aromatic heterocycles. The molecular weight excluding hydrogens is 280 g/mol. The van der Waals surface area contributed by atoms with Crippen LogP contribution in [0.2, 0.25) is 0 Å². The molecule has 1 fully saturated rings. The Hall–Kier alpha value is -1.50. The highest BCUT2D eigenvalue weighted by Gasteiger charge is 2.49. The summed E-state index contributed by atoms with van der Waals surface area (Å²) in [5.74, 6) is 1.94. The summed E-state index contributed by atoms with van der Waals surface area (Å²) in [4.78, 5) is 0. The number of hydrogen-bond acceptors (Lipinski definition) is 1. The molecule has 0 amide bonds. The molecule has 0 bridgehead atoms. The molecule has 23 heavy (non-hydrogen) atoms. The van der Waals surface area contributed by atoms with E-state index in [1.165, 1.54) is 49.7 Å². The van der Waals surface area contributed by atoms with E-state index in [9.17, 15) is 5.11 Å². The van der Waals surface area contributed by atoms with Gasteiger partial charge in [-0.25, -0.2) is 0 Å². The van der Waals surface area contributed by atoms with Gasteiger partial charge in [0.05, 0.1) is 0 Å². The second-order valence-corrected chi connectivity index (χ2v) is 7.93. The van der Waals surface area contributed by atoms with Gasteiger partial charge >= 0.3 is 0 Å². The van der Waals surface area contributed by atoms with Gasteiger partial charge in [-0.3, -0.25) is 0 Å². The molecule has 0 radical (unpaired) electrons. The van der Waals surface area contributed by atoms with Crippen molar-refractivity contribution in [2.75, 3.05) is 0 Å². The van der Waals surface area contributed by atoms with Crippen molar-refractivity contribution >= 4 is 5.57 Å². The summed E-state index contributed by atoms with van der Waals surface area (Å²) in [7, 11) is 0. The van der Waals surface area contributed by atoms with Crippen LogP contribution in [-0.4, -0.2) is 5.11 Å². The maximum atomic E-state index is 9.77. The number of phenols is 1. The highest BCUT2D eigenvalue weighted by molar-refractivity contribution is 5.74. The molecule has 122 valence electrons. The van der Waals surface area contributed by atoms with Gasteiger partial charge in [0.15, 0.2) is 0 Å². The minimum Gasteiger partial charge on any atom is -0.508 e. The van der Waals surface area contributed by atoms with Crippen molar-refractivity contribution in [3.05, 3.63) is 47.1 Å². The van der Waals surface area contributed by atoms with E-state index in [0.29, 0.717) is 11.2 Å². The normalized spacial score (nSPS) is 33.8. The maximum absolute atomic E-state index is 9.77. The molecule has 0 heterocycles. The number of aromatic hydroxyl groups is 1. The summed E-state index contributed by atoms with van der Waals surface area (Å²) >= 11 is 0. The lowest BCUT2D eigenvalue weighted by Gasteiger charge is -2.45. The largest absolute Gasteiger partial charge is 0.508 e. The molecule has 1 nitrogen and oxygen atoms in total. The van der Waals surface area contributed by atoms with Crippen molar-refractivity contribution < 1.29 is 5.11 Å². The van der Waals surface area contributed by atoms with E-state index in [4.69, 9.17) is 0 Å². The fourth-order valence-corrected chi connectivity index (χ4v) is 5.47. The first-order chi connectivity index (χ1) is 11.1. The fraction of sp³-hybridized carbons (Fsp3) is 0.545. The second kappa shape index (κ2) is 5.54. The third-order valence-corrected chi connectivity index (χ3v) is 6.71. The smallest absolute Gasteiger partial charge is 0.115 e. The van der Waals surface area contributed by atoms with Crippen LogP contribution in [0.5, 0.6) is 5.75 Å². The van der Waals surface area contributed by atoms with Crippen LogP contribution in [0.4, 0.5) is 0 Å². The lowest BCUT2D eigenvalue weighted by Crippen LogP contribution is -2.35. The molecule has 0 saturated heterocycles. The van der Waals surface area contributed by atoms with E-state index < -0.39 is 0 Å². The van der Waals surface area contributed by atoms with Crippen molar-refractivity contribution in [3.8, 4) is 5.75 Å². The lowest BCUT2D eigenvalue weighted by atomic mass is 9.59. The van der Waals surface area contributed by atoms with Crippen LogP contribution in [0.1, 0.15) is 63.5 Å². The van der Waals surface area contributed by atoms with Gasteiger partial charge in [0.25, 0.3) is 0 Å². The average Bonchev–Trinajstić information content (AvgIpc) is 2.89. The predicted molar refractivity (Wildman–Crippen MR) is 96.3 cm³/mol. The van der Waals surface area contributed by atoms with Crippen LogP contribution in [0.15, 0.2) is 35.9 Å². The van der Waals surface area contributed by atoms with Crippen molar-refractivity contribution in [3.63, 3.8) is 0 Å². The molecule has 0 unspecified atom stereocenters. The van der Waals surface area contributed by atoms with Crippen molar-refractivity contribution in [1.29, 1.82) is 0 Å². The Balaban J connectivity index is 1.72. The number of hydrogen-bond donors (Lipinski definition) is 1. The number of unbranched alkanes of at least 4 members (excludes halogenated alkanes) is 1. The summed E-state index contributed by atoms with van der Waals surface area (Å²) < 4.78 is 0. The summed E-state index contributed by atoms with van der Waals surface area (Å²) in [6.07, 6.45) is 13.8. The number of fused-ring (bicyclic) bond motifs is 5. The monoisotopic (exact) mass is 308 g/mol. The Morgan fingerprint density at radius 3 is 2.96 bits per heavy atom. The molecule has 1 N–H and O–H groups in total. The van der Waals surface area contributed by atoms with Gasteiger partial charge in [0.1, 0.15) is 5.75 Å². The topological polar surface area (TPSA) is 20.2 Å². The zero-order valence-corrected chi connectivity index (χ0v) is 14.4. The predicted octanol–water partition coefficient (Wildman–Crippen LogP) is 5.88. The average molecular weight is 308 g/mol. The van der Waals surface area contributed by atoms with Gasteiger partial charge in [0, 0.05) is 0 Å². The van der Waals surface area contributed by atoms with E-state index in [2.05, 4.69) is 32.1 Å². The highest BCUT2D eigenvalue weighted by atomic mass is 16.3. The number of benzene rings is 1. The molecule has 1 saturated carbocycles. The Kier molecular flexibility index (Phi) is 3.63. The summed E-state index contributed by atoms with van der Waals surface area (Å²) in [5.41, 5.74) is 6.46. The molecular formula is C22H28O. The van der Waals surface area contributed by atoms with Gasteiger partial charge in [-0.15, -0.1) is 0 Å². The lowest BCUT2D eigenvalue weighted by molar-refractivity contribution is 0.200. The van der Waals surface area contributed by atoms with E-state index in [0.717, 1.165) is 18.3 Å².